The Labute approximate surface area is 159 Å². The molecule has 1 atom stereocenters. The summed E-state index contributed by atoms with van der Waals surface area (Å²) in [4.78, 5) is 12.7. The molecule has 1 aliphatic rings. The average Bonchev–Trinajstić information content (AvgIpc) is 3.29. The number of hydrogen-bond donors (Lipinski definition) is 0. The van der Waals surface area contributed by atoms with Gasteiger partial charge in [-0.15, -0.1) is 0 Å². The van der Waals surface area contributed by atoms with Crippen LogP contribution in [0.15, 0.2) is 24.3 Å². The zero-order valence-corrected chi connectivity index (χ0v) is 15.9. The lowest BCUT2D eigenvalue weighted by Crippen LogP contribution is -2.18. The minimum Gasteiger partial charge on any atom is -0.493 e. The number of ether oxygens (including phenoxy) is 3. The Hall–Kier alpha value is -2.78. The Morgan fingerprint density at radius 2 is 2.15 bits per heavy atom. The molecule has 142 valence electrons. The van der Waals surface area contributed by atoms with Gasteiger partial charge in [0.2, 0.25) is 5.78 Å². The summed E-state index contributed by atoms with van der Waals surface area (Å²) in [5.74, 6) is 0.789. The first-order chi connectivity index (χ1) is 13.0. The number of nitriles is 1. The molecule has 0 N–H and O–H groups in total. The van der Waals surface area contributed by atoms with E-state index < -0.39 is 0 Å². The lowest BCUT2D eigenvalue weighted by Gasteiger charge is -2.15. The number of hydrogen-bond acceptors (Lipinski definition) is 5. The molecule has 27 heavy (non-hydrogen) atoms. The van der Waals surface area contributed by atoms with Crippen molar-refractivity contribution in [3.05, 3.63) is 46.8 Å². The van der Waals surface area contributed by atoms with Crippen LogP contribution in [0.5, 0.6) is 11.5 Å². The van der Waals surface area contributed by atoms with Crippen LogP contribution in [0.3, 0.4) is 0 Å². The highest BCUT2D eigenvalue weighted by Gasteiger charge is 2.21. The van der Waals surface area contributed by atoms with Gasteiger partial charge in [0.15, 0.2) is 18.1 Å². The summed E-state index contributed by atoms with van der Waals surface area (Å²) >= 11 is 0. The van der Waals surface area contributed by atoms with Gasteiger partial charge in [0, 0.05) is 36.2 Å². The van der Waals surface area contributed by atoms with Crippen molar-refractivity contribution in [1.82, 2.24) is 4.57 Å². The first-order valence-electron chi connectivity index (χ1n) is 9.06. The van der Waals surface area contributed by atoms with Gasteiger partial charge in [0.05, 0.1) is 24.8 Å². The molecule has 1 aliphatic heterocycles. The van der Waals surface area contributed by atoms with E-state index in [2.05, 4.69) is 10.6 Å². The van der Waals surface area contributed by atoms with Crippen LogP contribution in [-0.2, 0) is 11.3 Å². The Bertz CT molecular complexity index is 873. The molecule has 2 heterocycles. The van der Waals surface area contributed by atoms with Crippen LogP contribution in [0, 0.1) is 25.2 Å². The Balaban J connectivity index is 1.71. The second kappa shape index (κ2) is 8.28. The molecule has 6 nitrogen and oxygen atoms in total. The first-order valence-corrected chi connectivity index (χ1v) is 9.06. The van der Waals surface area contributed by atoms with Crippen LogP contribution in [0.4, 0.5) is 0 Å². The summed E-state index contributed by atoms with van der Waals surface area (Å²) in [6, 6.07) is 8.83. The third-order valence-electron chi connectivity index (χ3n) is 4.94. The fourth-order valence-corrected chi connectivity index (χ4v) is 3.43. The highest BCUT2D eigenvalue weighted by atomic mass is 16.5. The summed E-state index contributed by atoms with van der Waals surface area (Å²) in [5.41, 5.74) is 3.12. The molecule has 0 amide bonds. The van der Waals surface area contributed by atoms with Gasteiger partial charge in [-0.2, -0.15) is 5.26 Å². The molecule has 1 aromatic carbocycles. The highest BCUT2D eigenvalue weighted by Crippen LogP contribution is 2.28. The molecule has 2 aromatic rings. The minimum absolute atomic E-state index is 0.0897. The lowest BCUT2D eigenvalue weighted by molar-refractivity contribution is 0.0912. The monoisotopic (exact) mass is 368 g/mol. The Morgan fingerprint density at radius 1 is 1.33 bits per heavy atom. The van der Waals surface area contributed by atoms with Crippen LogP contribution in [0.25, 0.3) is 0 Å². The maximum atomic E-state index is 12.7. The summed E-state index contributed by atoms with van der Waals surface area (Å²) < 4.78 is 18.8. The Morgan fingerprint density at radius 3 is 2.81 bits per heavy atom. The molecule has 0 spiro atoms. The zero-order chi connectivity index (χ0) is 19.4. The number of rotatable bonds is 7. The summed E-state index contributed by atoms with van der Waals surface area (Å²) in [7, 11) is 1.50. The second-order valence-corrected chi connectivity index (χ2v) is 6.72. The fraction of sp³-hybridized carbons (Fsp3) is 0.429. The first kappa shape index (κ1) is 19.0. The van der Waals surface area contributed by atoms with Gasteiger partial charge in [-0.1, -0.05) is 0 Å². The predicted molar refractivity (Wildman–Crippen MR) is 100 cm³/mol. The van der Waals surface area contributed by atoms with Gasteiger partial charge in [-0.25, -0.2) is 0 Å². The van der Waals surface area contributed by atoms with E-state index in [0.29, 0.717) is 22.6 Å². The molecule has 0 saturated carbocycles. The van der Waals surface area contributed by atoms with E-state index in [1.807, 2.05) is 19.9 Å². The third kappa shape index (κ3) is 4.15. The van der Waals surface area contributed by atoms with Crippen molar-refractivity contribution in [1.29, 1.82) is 5.26 Å². The van der Waals surface area contributed by atoms with Gasteiger partial charge in [-0.3, -0.25) is 4.79 Å². The van der Waals surface area contributed by atoms with E-state index >= 15 is 0 Å². The summed E-state index contributed by atoms with van der Waals surface area (Å²) in [6.45, 7) is 5.46. The van der Waals surface area contributed by atoms with E-state index in [1.165, 1.54) is 7.11 Å². The predicted octanol–water partition coefficient (Wildman–Crippen LogP) is 3.43. The van der Waals surface area contributed by atoms with E-state index in [9.17, 15) is 4.79 Å². The number of methoxy groups -OCH3 is 1. The van der Waals surface area contributed by atoms with Crippen molar-refractivity contribution < 1.29 is 19.0 Å². The molecule has 1 saturated heterocycles. The van der Waals surface area contributed by atoms with Crippen LogP contribution in [0.1, 0.15) is 40.2 Å². The molecule has 0 unspecified atom stereocenters. The maximum Gasteiger partial charge on any atom is 0.202 e. The summed E-state index contributed by atoms with van der Waals surface area (Å²) in [6.07, 6.45) is 2.37. The highest BCUT2D eigenvalue weighted by molar-refractivity contribution is 5.98. The Kier molecular flexibility index (Phi) is 5.82. The van der Waals surface area contributed by atoms with Gasteiger partial charge in [-0.05, 0) is 44.9 Å². The molecular formula is C21H24N2O4. The maximum absolute atomic E-state index is 12.7. The quantitative estimate of drug-likeness (QED) is 0.700. The number of carbonyl (C=O) groups excluding carboxylic acids is 1. The smallest absolute Gasteiger partial charge is 0.202 e. The zero-order valence-electron chi connectivity index (χ0n) is 15.9. The summed E-state index contributed by atoms with van der Waals surface area (Å²) in [5, 5.41) is 8.96. The molecular weight excluding hydrogens is 344 g/mol. The lowest BCUT2D eigenvalue weighted by atomic mass is 10.1. The van der Waals surface area contributed by atoms with Gasteiger partial charge in [0.1, 0.15) is 0 Å². The van der Waals surface area contributed by atoms with Crippen molar-refractivity contribution in [2.24, 2.45) is 0 Å². The second-order valence-electron chi connectivity index (χ2n) is 6.72. The van der Waals surface area contributed by atoms with Crippen LogP contribution in [0.2, 0.25) is 0 Å². The molecule has 0 bridgehead atoms. The van der Waals surface area contributed by atoms with E-state index in [0.717, 1.165) is 37.4 Å². The molecule has 1 fully saturated rings. The van der Waals surface area contributed by atoms with E-state index in [4.69, 9.17) is 19.5 Å². The third-order valence-corrected chi connectivity index (χ3v) is 4.94. The molecule has 3 rings (SSSR count). The molecule has 0 aliphatic carbocycles. The molecule has 0 radical (unpaired) electrons. The number of Topliss-reactive ketones (excluding diaryl/α,β-unsaturated/α-hetero) is 1. The van der Waals surface area contributed by atoms with Crippen LogP contribution < -0.4 is 9.47 Å². The number of nitrogens with zero attached hydrogens (tertiary/aromatic N) is 2. The number of aryl methyl sites for hydroxylation is 1. The van der Waals surface area contributed by atoms with Crippen LogP contribution in [-0.4, -0.2) is 36.8 Å². The van der Waals surface area contributed by atoms with Crippen molar-refractivity contribution in [3.8, 4) is 17.6 Å². The van der Waals surface area contributed by atoms with Crippen molar-refractivity contribution >= 4 is 5.78 Å². The van der Waals surface area contributed by atoms with Gasteiger partial charge in [0.25, 0.3) is 0 Å². The minimum atomic E-state index is -0.0908. The number of benzene rings is 1. The number of ketones is 1. The largest absolute Gasteiger partial charge is 0.493 e. The van der Waals surface area contributed by atoms with Crippen molar-refractivity contribution in [2.45, 2.75) is 39.3 Å². The number of carbonyl (C=O) groups is 1. The fourth-order valence-electron chi connectivity index (χ4n) is 3.43. The van der Waals surface area contributed by atoms with E-state index in [1.54, 1.807) is 18.2 Å². The average molecular weight is 368 g/mol. The van der Waals surface area contributed by atoms with Gasteiger partial charge < -0.3 is 18.8 Å². The molecule has 6 heteroatoms. The van der Waals surface area contributed by atoms with E-state index in [-0.39, 0.29) is 18.5 Å². The number of aromatic nitrogens is 1. The van der Waals surface area contributed by atoms with Crippen molar-refractivity contribution in [3.63, 3.8) is 0 Å². The SMILES string of the molecule is COc1cc(C#N)ccc1OCC(=O)c1cc(C)n(C[C@H]2CCCO2)c1C. The van der Waals surface area contributed by atoms with Gasteiger partial charge >= 0.3 is 0 Å². The molecule has 1 aromatic heterocycles. The normalized spacial score (nSPS) is 16.1. The van der Waals surface area contributed by atoms with Crippen LogP contribution >= 0.6 is 0 Å². The standard InChI is InChI=1S/C21H24N2O4/c1-14-9-18(15(2)23(14)12-17-5-4-8-26-17)19(24)13-27-20-7-6-16(11-22)10-21(20)25-3/h6-7,9-10,17H,4-5,8,12-13H2,1-3H3/t17-/m1/s1. The topological polar surface area (TPSA) is 73.5 Å². The van der Waals surface area contributed by atoms with Crippen molar-refractivity contribution in [2.75, 3.05) is 20.3 Å².